The highest BCUT2D eigenvalue weighted by molar-refractivity contribution is 9.10. The van der Waals surface area contributed by atoms with Crippen LogP contribution in [0.3, 0.4) is 0 Å². The van der Waals surface area contributed by atoms with Crippen molar-refractivity contribution in [3.8, 4) is 5.75 Å². The number of fused-ring (bicyclic) bond motifs is 1. The number of nitrogens with one attached hydrogen (secondary N) is 1. The molecule has 4 rings (SSSR count). The number of carbonyl (C=O) groups is 1. The molecule has 0 aromatic heterocycles. The summed E-state index contributed by atoms with van der Waals surface area (Å²) in [6.45, 7) is 1.08. The van der Waals surface area contributed by atoms with Gasteiger partial charge in [0.05, 0.1) is 24.1 Å². The lowest BCUT2D eigenvalue weighted by Crippen LogP contribution is -2.31. The minimum absolute atomic E-state index is 0.101. The monoisotopic (exact) mass is 476 g/mol. The molecule has 0 bridgehead atoms. The Morgan fingerprint density at radius 3 is 2.72 bits per heavy atom. The molecule has 0 aliphatic carbocycles. The van der Waals surface area contributed by atoms with Crippen LogP contribution in [0.1, 0.15) is 30.0 Å². The summed E-state index contributed by atoms with van der Waals surface area (Å²) in [7, 11) is -3.19. The van der Waals surface area contributed by atoms with E-state index in [1.807, 2.05) is 30.3 Å². The number of halogens is 1. The van der Waals surface area contributed by atoms with Gasteiger partial charge >= 0.3 is 0 Å². The van der Waals surface area contributed by atoms with E-state index in [9.17, 15) is 13.2 Å². The van der Waals surface area contributed by atoms with Gasteiger partial charge in [-0.3, -0.25) is 9.10 Å². The van der Waals surface area contributed by atoms with Crippen LogP contribution in [0.4, 0.5) is 5.69 Å². The number of anilines is 1. The Labute approximate surface area is 178 Å². The van der Waals surface area contributed by atoms with Crippen molar-refractivity contribution >= 4 is 43.6 Å². The summed E-state index contributed by atoms with van der Waals surface area (Å²) in [5.74, 6) is 0.802. The minimum Gasteiger partial charge on any atom is -0.493 e. The van der Waals surface area contributed by atoms with E-state index in [4.69, 9.17) is 4.74 Å². The third-order valence-corrected chi connectivity index (χ3v) is 7.40. The molecule has 1 amide bonds. The third kappa shape index (κ3) is 4.48. The van der Waals surface area contributed by atoms with E-state index in [1.54, 1.807) is 18.2 Å². The molecule has 29 heavy (non-hydrogen) atoms. The van der Waals surface area contributed by atoms with Crippen molar-refractivity contribution in [3.63, 3.8) is 0 Å². The van der Waals surface area contributed by atoms with Crippen molar-refractivity contribution in [2.45, 2.75) is 18.9 Å². The number of hydrogen-bond acceptors (Lipinski definition) is 4. The number of benzene rings is 2. The largest absolute Gasteiger partial charge is 0.493 e. The number of ether oxygens (including phenoxy) is 1. The molecule has 0 spiro atoms. The van der Waals surface area contributed by atoms with E-state index in [0.29, 0.717) is 31.7 Å². The van der Waals surface area contributed by atoms with E-state index >= 15 is 0 Å². The Kier molecular flexibility index (Phi) is 5.65. The molecule has 1 fully saturated rings. The number of nitrogens with zero attached hydrogens (tertiary/aromatic N) is 1. The average Bonchev–Trinajstić information content (AvgIpc) is 3.06. The van der Waals surface area contributed by atoms with Crippen molar-refractivity contribution in [1.29, 1.82) is 0 Å². The van der Waals surface area contributed by atoms with Gasteiger partial charge in [0.25, 0.3) is 0 Å². The van der Waals surface area contributed by atoms with Crippen LogP contribution < -0.4 is 14.4 Å². The van der Waals surface area contributed by atoms with E-state index < -0.39 is 10.0 Å². The lowest BCUT2D eigenvalue weighted by Gasteiger charge is -2.26. The normalized spacial score (nSPS) is 20.3. The van der Waals surface area contributed by atoms with Gasteiger partial charge in [-0.1, -0.05) is 28.1 Å². The number of hydrogen-bond donors (Lipinski definition) is 1. The molecular formula is C21H21BrN2O4S. The first-order valence-corrected chi connectivity index (χ1v) is 11.8. The van der Waals surface area contributed by atoms with E-state index in [-0.39, 0.29) is 17.7 Å². The van der Waals surface area contributed by atoms with E-state index in [0.717, 1.165) is 21.3 Å². The zero-order valence-corrected chi connectivity index (χ0v) is 18.1. The quantitative estimate of drug-likeness (QED) is 0.683. The van der Waals surface area contributed by atoms with Crippen LogP contribution >= 0.6 is 15.9 Å². The molecule has 6 nitrogen and oxygen atoms in total. The fourth-order valence-electron chi connectivity index (χ4n) is 3.59. The van der Waals surface area contributed by atoms with Gasteiger partial charge in [0, 0.05) is 29.1 Å². The second kappa shape index (κ2) is 8.20. The van der Waals surface area contributed by atoms with Gasteiger partial charge in [-0.2, -0.15) is 0 Å². The third-order valence-electron chi connectivity index (χ3n) is 5.04. The number of rotatable bonds is 4. The number of sulfonamides is 1. The lowest BCUT2D eigenvalue weighted by atomic mass is 10.0. The fraction of sp³-hybridized carbons (Fsp3) is 0.286. The molecule has 1 saturated heterocycles. The van der Waals surface area contributed by atoms with Crippen molar-refractivity contribution in [2.24, 2.45) is 0 Å². The zero-order chi connectivity index (χ0) is 20.4. The van der Waals surface area contributed by atoms with Gasteiger partial charge in [0.15, 0.2) is 0 Å². The van der Waals surface area contributed by atoms with Gasteiger partial charge in [-0.05, 0) is 48.4 Å². The molecule has 1 atom stereocenters. The molecule has 8 heteroatoms. The Morgan fingerprint density at radius 2 is 2.00 bits per heavy atom. The van der Waals surface area contributed by atoms with Gasteiger partial charge in [-0.15, -0.1) is 0 Å². The van der Waals surface area contributed by atoms with Crippen LogP contribution in [0, 0.1) is 0 Å². The molecule has 1 unspecified atom stereocenters. The fourth-order valence-corrected chi connectivity index (χ4v) is 5.53. The van der Waals surface area contributed by atoms with E-state index in [2.05, 4.69) is 21.2 Å². The standard InChI is InChI=1S/C21H21BrN2O4S/c22-16-5-8-20-18(14-16)19(10-12-28-20)23-21(25)9-4-15-2-6-17(7-3-15)24-11-1-13-29(24,26)27/h2-9,14,19H,1,10-13H2,(H,23,25)/b9-4+. The summed E-state index contributed by atoms with van der Waals surface area (Å²) < 4.78 is 32.0. The Hall–Kier alpha value is -2.32. The van der Waals surface area contributed by atoms with Gasteiger partial charge in [-0.25, -0.2) is 8.42 Å². The Balaban J connectivity index is 1.41. The zero-order valence-electron chi connectivity index (χ0n) is 15.7. The summed E-state index contributed by atoms with van der Waals surface area (Å²) in [6.07, 6.45) is 4.57. The van der Waals surface area contributed by atoms with Crippen LogP contribution in [0.5, 0.6) is 5.75 Å². The topological polar surface area (TPSA) is 75.7 Å². The molecule has 152 valence electrons. The molecule has 2 aromatic carbocycles. The lowest BCUT2D eigenvalue weighted by molar-refractivity contribution is -0.117. The maximum atomic E-state index is 12.4. The first-order chi connectivity index (χ1) is 13.9. The smallest absolute Gasteiger partial charge is 0.244 e. The molecule has 2 aromatic rings. The Bertz CT molecular complexity index is 1050. The molecule has 0 saturated carbocycles. The summed E-state index contributed by atoms with van der Waals surface area (Å²) in [6, 6.07) is 12.8. The van der Waals surface area contributed by atoms with Crippen molar-refractivity contribution in [2.75, 3.05) is 23.2 Å². The summed E-state index contributed by atoms with van der Waals surface area (Å²) in [4.78, 5) is 12.4. The van der Waals surface area contributed by atoms with Gasteiger partial charge < -0.3 is 10.1 Å². The maximum absolute atomic E-state index is 12.4. The molecule has 1 N–H and O–H groups in total. The summed E-state index contributed by atoms with van der Waals surface area (Å²) in [5.41, 5.74) is 2.45. The van der Waals surface area contributed by atoms with Crippen molar-refractivity contribution in [3.05, 3.63) is 64.1 Å². The van der Waals surface area contributed by atoms with Gasteiger partial charge in [0.1, 0.15) is 5.75 Å². The van der Waals surface area contributed by atoms with Crippen LogP contribution in [-0.2, 0) is 14.8 Å². The Morgan fingerprint density at radius 1 is 1.21 bits per heavy atom. The first kappa shape index (κ1) is 20.0. The predicted octanol–water partition coefficient (Wildman–Crippen LogP) is 3.64. The van der Waals surface area contributed by atoms with Crippen LogP contribution in [0.2, 0.25) is 0 Å². The van der Waals surface area contributed by atoms with Crippen molar-refractivity contribution in [1.82, 2.24) is 5.32 Å². The van der Waals surface area contributed by atoms with Crippen LogP contribution in [-0.4, -0.2) is 33.2 Å². The first-order valence-electron chi connectivity index (χ1n) is 9.44. The average molecular weight is 477 g/mol. The summed E-state index contributed by atoms with van der Waals surface area (Å²) >= 11 is 3.46. The molecule has 2 aliphatic rings. The molecule has 2 aliphatic heterocycles. The molecular weight excluding hydrogens is 456 g/mol. The second-order valence-electron chi connectivity index (χ2n) is 7.05. The number of carbonyl (C=O) groups excluding carboxylic acids is 1. The van der Waals surface area contributed by atoms with Crippen LogP contribution in [0.15, 0.2) is 53.0 Å². The molecule has 0 radical (unpaired) electrons. The highest BCUT2D eigenvalue weighted by atomic mass is 79.9. The maximum Gasteiger partial charge on any atom is 0.244 e. The van der Waals surface area contributed by atoms with E-state index in [1.165, 1.54) is 10.4 Å². The highest BCUT2D eigenvalue weighted by Gasteiger charge is 2.28. The van der Waals surface area contributed by atoms with Crippen LogP contribution in [0.25, 0.3) is 6.08 Å². The molecule has 2 heterocycles. The van der Waals surface area contributed by atoms with Crippen molar-refractivity contribution < 1.29 is 17.9 Å². The number of amides is 1. The SMILES string of the molecule is O=C(/C=C/c1ccc(N2CCCS2(=O)=O)cc1)NC1CCOc2ccc(Br)cc21. The van der Waals surface area contributed by atoms with Gasteiger partial charge in [0.2, 0.25) is 15.9 Å². The summed E-state index contributed by atoms with van der Waals surface area (Å²) in [5, 5.41) is 3.03. The highest BCUT2D eigenvalue weighted by Crippen LogP contribution is 2.34. The minimum atomic E-state index is -3.19. The second-order valence-corrected chi connectivity index (χ2v) is 9.98. The predicted molar refractivity (Wildman–Crippen MR) is 116 cm³/mol.